The molecule has 0 aliphatic rings. The number of rotatable bonds is 7. The maximum Gasteiger partial charge on any atom is 0.212 e. The molecule has 0 saturated carbocycles. The predicted molar refractivity (Wildman–Crippen MR) is 75.5 cm³/mol. The Morgan fingerprint density at radius 3 is 2.56 bits per heavy atom. The molecule has 104 valence electrons. The number of thiophene rings is 1. The van der Waals surface area contributed by atoms with E-state index in [9.17, 15) is 8.42 Å². The molecule has 0 bridgehead atoms. The van der Waals surface area contributed by atoms with Gasteiger partial charge < -0.3 is 5.11 Å². The minimum absolute atomic E-state index is 0.0356. The lowest BCUT2D eigenvalue weighted by molar-refractivity contribution is 0.287. The van der Waals surface area contributed by atoms with Crippen molar-refractivity contribution in [1.82, 2.24) is 4.72 Å². The molecule has 1 atom stereocenters. The lowest BCUT2D eigenvalue weighted by Crippen LogP contribution is -2.29. The van der Waals surface area contributed by atoms with Gasteiger partial charge >= 0.3 is 0 Å². The van der Waals surface area contributed by atoms with E-state index in [1.807, 2.05) is 26.8 Å². The van der Waals surface area contributed by atoms with Crippen molar-refractivity contribution in [3.8, 4) is 0 Å². The third-order valence-electron chi connectivity index (χ3n) is 2.72. The fraction of sp³-hybridized carbons (Fsp3) is 0.667. The Morgan fingerprint density at radius 2 is 2.06 bits per heavy atom. The van der Waals surface area contributed by atoms with E-state index in [0.29, 0.717) is 12.8 Å². The Balaban J connectivity index is 2.64. The molecule has 0 aromatic carbocycles. The Labute approximate surface area is 113 Å². The summed E-state index contributed by atoms with van der Waals surface area (Å²) in [5.41, 5.74) is 1.04. The quantitative estimate of drug-likeness (QED) is 0.756. The first kappa shape index (κ1) is 15.6. The van der Waals surface area contributed by atoms with Crippen LogP contribution in [0.1, 0.15) is 41.1 Å². The summed E-state index contributed by atoms with van der Waals surface area (Å²) in [4.78, 5) is 2.34. The topological polar surface area (TPSA) is 66.4 Å². The van der Waals surface area contributed by atoms with E-state index in [-0.39, 0.29) is 18.4 Å². The predicted octanol–water partition coefficient (Wildman–Crippen LogP) is 2.12. The van der Waals surface area contributed by atoms with Crippen LogP contribution in [0.5, 0.6) is 0 Å². The molecule has 1 aromatic heterocycles. The highest BCUT2D eigenvalue weighted by Crippen LogP contribution is 2.26. The highest BCUT2D eigenvalue weighted by Gasteiger charge is 2.17. The summed E-state index contributed by atoms with van der Waals surface area (Å²) in [7, 11) is -3.27. The third kappa shape index (κ3) is 4.68. The molecule has 0 spiro atoms. The molecule has 4 nitrogen and oxygen atoms in total. The van der Waals surface area contributed by atoms with Crippen molar-refractivity contribution in [2.24, 2.45) is 0 Å². The smallest absolute Gasteiger partial charge is 0.212 e. The molecule has 2 N–H and O–H groups in total. The molecule has 1 heterocycles. The van der Waals surface area contributed by atoms with Crippen molar-refractivity contribution in [3.63, 3.8) is 0 Å². The molecule has 1 unspecified atom stereocenters. The molecule has 1 rings (SSSR count). The van der Waals surface area contributed by atoms with Crippen LogP contribution in [0.25, 0.3) is 0 Å². The minimum atomic E-state index is -3.27. The summed E-state index contributed by atoms with van der Waals surface area (Å²) >= 11 is 1.68. The van der Waals surface area contributed by atoms with Crippen LogP contribution in [0.2, 0.25) is 0 Å². The van der Waals surface area contributed by atoms with Crippen LogP contribution < -0.4 is 4.72 Å². The SMILES string of the molecule is Cc1cc(C(C)NS(=O)(=O)CCCCO)c(C)s1. The van der Waals surface area contributed by atoms with Gasteiger partial charge in [-0.25, -0.2) is 13.1 Å². The van der Waals surface area contributed by atoms with E-state index < -0.39 is 10.0 Å². The van der Waals surface area contributed by atoms with Crippen LogP contribution in [0.3, 0.4) is 0 Å². The standard InChI is InChI=1S/C12H21NO3S2/c1-9-8-12(11(3)17-9)10(2)13-18(15,16)7-5-4-6-14/h8,10,13-14H,4-7H2,1-3H3. The zero-order valence-electron chi connectivity index (χ0n) is 11.1. The van der Waals surface area contributed by atoms with E-state index in [1.54, 1.807) is 11.3 Å². The second-order valence-electron chi connectivity index (χ2n) is 4.46. The number of hydrogen-bond donors (Lipinski definition) is 2. The van der Waals surface area contributed by atoms with E-state index in [4.69, 9.17) is 5.11 Å². The first-order valence-corrected chi connectivity index (χ1v) is 8.50. The Bertz CT molecular complexity index is 480. The number of aryl methyl sites for hydroxylation is 2. The molecule has 18 heavy (non-hydrogen) atoms. The molecule has 0 aliphatic heterocycles. The number of aliphatic hydroxyl groups is 1. The summed E-state index contributed by atoms with van der Waals surface area (Å²) < 4.78 is 26.3. The number of hydrogen-bond acceptors (Lipinski definition) is 4. The van der Waals surface area contributed by atoms with Gasteiger partial charge in [0.15, 0.2) is 0 Å². The molecule has 0 fully saturated rings. The van der Waals surface area contributed by atoms with Gasteiger partial charge in [0.2, 0.25) is 10.0 Å². The minimum Gasteiger partial charge on any atom is -0.396 e. The molecule has 1 aromatic rings. The van der Waals surface area contributed by atoms with E-state index in [1.165, 1.54) is 4.88 Å². The fourth-order valence-electron chi connectivity index (χ4n) is 1.88. The molecule has 0 saturated heterocycles. The maximum atomic E-state index is 11.8. The summed E-state index contributed by atoms with van der Waals surface area (Å²) in [6.07, 6.45) is 1.01. The lowest BCUT2D eigenvalue weighted by Gasteiger charge is -2.14. The highest BCUT2D eigenvalue weighted by molar-refractivity contribution is 7.89. The number of aliphatic hydroxyl groups excluding tert-OH is 1. The van der Waals surface area contributed by atoms with Crippen molar-refractivity contribution in [2.75, 3.05) is 12.4 Å². The molecular weight excluding hydrogens is 270 g/mol. The van der Waals surface area contributed by atoms with Crippen molar-refractivity contribution < 1.29 is 13.5 Å². The Kier molecular flexibility index (Phi) is 5.78. The van der Waals surface area contributed by atoms with Crippen molar-refractivity contribution in [3.05, 3.63) is 21.4 Å². The second kappa shape index (κ2) is 6.65. The molecule has 6 heteroatoms. The molecule has 0 aliphatic carbocycles. The van der Waals surface area contributed by atoms with Gasteiger partial charge in [0.05, 0.1) is 5.75 Å². The van der Waals surface area contributed by atoms with Gasteiger partial charge in [-0.3, -0.25) is 0 Å². The summed E-state index contributed by atoms with van der Waals surface area (Å²) in [6.45, 7) is 5.92. The largest absolute Gasteiger partial charge is 0.396 e. The van der Waals surface area contributed by atoms with Crippen LogP contribution in [0, 0.1) is 13.8 Å². The van der Waals surface area contributed by atoms with Gasteiger partial charge in [0, 0.05) is 22.4 Å². The molecule has 0 radical (unpaired) electrons. The van der Waals surface area contributed by atoms with Crippen molar-refractivity contribution in [2.45, 2.75) is 39.7 Å². The van der Waals surface area contributed by atoms with E-state index >= 15 is 0 Å². The second-order valence-corrected chi connectivity index (χ2v) is 7.79. The summed E-state index contributed by atoms with van der Waals surface area (Å²) in [5.74, 6) is 0.0695. The van der Waals surface area contributed by atoms with Crippen LogP contribution in [-0.4, -0.2) is 25.9 Å². The highest BCUT2D eigenvalue weighted by atomic mass is 32.2. The average molecular weight is 291 g/mol. The maximum absolute atomic E-state index is 11.8. The molecular formula is C12H21NO3S2. The number of sulfonamides is 1. The lowest BCUT2D eigenvalue weighted by atomic mass is 10.1. The van der Waals surface area contributed by atoms with Crippen LogP contribution in [0.4, 0.5) is 0 Å². The van der Waals surface area contributed by atoms with Gasteiger partial charge in [0.1, 0.15) is 0 Å². The Morgan fingerprint density at radius 1 is 1.39 bits per heavy atom. The van der Waals surface area contributed by atoms with Gasteiger partial charge in [0.25, 0.3) is 0 Å². The monoisotopic (exact) mass is 291 g/mol. The van der Waals surface area contributed by atoms with Gasteiger partial charge in [-0.15, -0.1) is 11.3 Å². The van der Waals surface area contributed by atoms with Gasteiger partial charge in [-0.2, -0.15) is 0 Å². The van der Waals surface area contributed by atoms with Gasteiger partial charge in [-0.05, 0) is 45.2 Å². The van der Waals surface area contributed by atoms with E-state index in [2.05, 4.69) is 4.72 Å². The Hall–Kier alpha value is -0.430. The van der Waals surface area contributed by atoms with Gasteiger partial charge in [-0.1, -0.05) is 0 Å². The van der Waals surface area contributed by atoms with Crippen LogP contribution in [0.15, 0.2) is 6.07 Å². The van der Waals surface area contributed by atoms with Crippen molar-refractivity contribution in [1.29, 1.82) is 0 Å². The van der Waals surface area contributed by atoms with Crippen LogP contribution >= 0.6 is 11.3 Å². The first-order chi connectivity index (χ1) is 8.35. The zero-order chi connectivity index (χ0) is 13.8. The van der Waals surface area contributed by atoms with Crippen LogP contribution in [-0.2, 0) is 10.0 Å². The average Bonchev–Trinajstić information content (AvgIpc) is 2.57. The third-order valence-corrected chi connectivity index (χ3v) is 5.24. The van der Waals surface area contributed by atoms with Crippen molar-refractivity contribution >= 4 is 21.4 Å². The fourth-order valence-corrected chi connectivity index (χ4v) is 4.27. The first-order valence-electron chi connectivity index (χ1n) is 6.03. The normalized spacial score (nSPS) is 13.8. The summed E-state index contributed by atoms with van der Waals surface area (Å²) in [6, 6.07) is 1.83. The van der Waals surface area contributed by atoms with E-state index in [0.717, 1.165) is 10.4 Å². The zero-order valence-corrected chi connectivity index (χ0v) is 12.7. The number of nitrogens with one attached hydrogen (secondary N) is 1. The molecule has 0 amide bonds. The number of unbranched alkanes of at least 4 members (excludes halogenated alkanes) is 1. The summed E-state index contributed by atoms with van der Waals surface area (Å²) in [5, 5.41) is 8.65.